The molecular formula is C31H25NO. The first-order valence-corrected chi connectivity index (χ1v) is 11.5. The monoisotopic (exact) mass is 427 g/mol. The third-order valence-corrected chi connectivity index (χ3v) is 6.85. The lowest BCUT2D eigenvalue weighted by Crippen LogP contribution is -2.08. The maximum absolute atomic E-state index is 6.06. The molecule has 6 rings (SSSR count). The summed E-state index contributed by atoms with van der Waals surface area (Å²) < 4.78 is 6.06. The molecule has 0 amide bonds. The van der Waals surface area contributed by atoms with Gasteiger partial charge in [0.1, 0.15) is 11.2 Å². The van der Waals surface area contributed by atoms with E-state index in [0.717, 1.165) is 50.9 Å². The van der Waals surface area contributed by atoms with E-state index in [0.29, 0.717) is 5.92 Å². The van der Waals surface area contributed by atoms with Gasteiger partial charge in [-0.2, -0.15) is 0 Å². The number of nitrogens with zero attached hydrogens (tertiary/aromatic N) is 1. The highest BCUT2D eigenvalue weighted by molar-refractivity contribution is 6.09. The zero-order valence-corrected chi connectivity index (χ0v) is 18.9. The van der Waals surface area contributed by atoms with Crippen LogP contribution in [0.15, 0.2) is 101 Å². The quantitative estimate of drug-likeness (QED) is 0.265. The number of furan rings is 1. The van der Waals surface area contributed by atoms with Crippen LogP contribution in [0.2, 0.25) is 0 Å². The molecule has 33 heavy (non-hydrogen) atoms. The van der Waals surface area contributed by atoms with E-state index in [1.54, 1.807) is 0 Å². The Hall–Kier alpha value is -3.91. The van der Waals surface area contributed by atoms with Crippen LogP contribution in [-0.2, 0) is 6.42 Å². The number of fused-ring (bicyclic) bond motifs is 6. The summed E-state index contributed by atoms with van der Waals surface area (Å²) >= 11 is 0. The molecule has 0 saturated heterocycles. The summed E-state index contributed by atoms with van der Waals surface area (Å²) in [6.07, 6.45) is 1.07. The van der Waals surface area contributed by atoms with Crippen LogP contribution in [0.25, 0.3) is 38.8 Å². The average Bonchev–Trinajstić information content (AvgIpc) is 3.22. The third-order valence-electron chi connectivity index (χ3n) is 6.85. The van der Waals surface area contributed by atoms with Gasteiger partial charge in [-0.3, -0.25) is 4.99 Å². The van der Waals surface area contributed by atoms with E-state index in [1.165, 1.54) is 22.3 Å². The van der Waals surface area contributed by atoms with Crippen LogP contribution in [0.3, 0.4) is 0 Å². The Bertz CT molecular complexity index is 1580. The highest BCUT2D eigenvalue weighted by Crippen LogP contribution is 2.40. The van der Waals surface area contributed by atoms with Gasteiger partial charge in [0.15, 0.2) is 0 Å². The maximum atomic E-state index is 6.06. The Morgan fingerprint density at radius 1 is 0.818 bits per heavy atom. The Morgan fingerprint density at radius 3 is 2.48 bits per heavy atom. The van der Waals surface area contributed by atoms with Gasteiger partial charge < -0.3 is 4.42 Å². The van der Waals surface area contributed by atoms with Crippen molar-refractivity contribution in [2.45, 2.75) is 26.2 Å². The fourth-order valence-electron chi connectivity index (χ4n) is 5.08. The second kappa shape index (κ2) is 7.60. The maximum Gasteiger partial charge on any atom is 0.136 e. The van der Waals surface area contributed by atoms with Gasteiger partial charge in [0, 0.05) is 16.5 Å². The molecule has 0 spiro atoms. The minimum atomic E-state index is 0.475. The van der Waals surface area contributed by atoms with Gasteiger partial charge in [0.05, 0.1) is 5.70 Å². The van der Waals surface area contributed by atoms with Crippen LogP contribution >= 0.6 is 0 Å². The normalized spacial score (nSPS) is 15.5. The fourth-order valence-corrected chi connectivity index (χ4v) is 5.08. The van der Waals surface area contributed by atoms with Crippen molar-refractivity contribution >= 4 is 33.3 Å². The summed E-state index contributed by atoms with van der Waals surface area (Å²) in [5, 5.41) is 2.27. The third kappa shape index (κ3) is 3.30. The average molecular weight is 428 g/mol. The molecular weight excluding hydrogens is 402 g/mol. The van der Waals surface area contributed by atoms with E-state index in [1.807, 2.05) is 25.1 Å². The lowest BCUT2D eigenvalue weighted by molar-refractivity contribution is 0.669. The van der Waals surface area contributed by atoms with Crippen LogP contribution < -0.4 is 0 Å². The van der Waals surface area contributed by atoms with E-state index in [4.69, 9.17) is 9.41 Å². The number of aliphatic imine (C=N–C) groups is 1. The molecule has 0 saturated carbocycles. The summed E-state index contributed by atoms with van der Waals surface area (Å²) in [7, 11) is 0. The second-order valence-electron chi connectivity index (χ2n) is 9.02. The van der Waals surface area contributed by atoms with Gasteiger partial charge >= 0.3 is 0 Å². The van der Waals surface area contributed by atoms with Gasteiger partial charge in [0.25, 0.3) is 0 Å². The first-order valence-electron chi connectivity index (χ1n) is 11.5. The number of para-hydroxylation sites is 1. The summed E-state index contributed by atoms with van der Waals surface area (Å²) in [6.45, 7) is 8.63. The minimum absolute atomic E-state index is 0.475. The smallest absolute Gasteiger partial charge is 0.136 e. The first-order chi connectivity index (χ1) is 16.1. The Kier molecular flexibility index (Phi) is 4.55. The standard InChI is InChI=1S/C31H25NO/c1-19-16-24-8-4-5-9-25(24)26-14-12-22(17-29(19)26)20(2)32-21(3)23-13-15-28-27-10-6-7-11-30(27)33-31(28)18-23/h4-15,17-19H,2,16H2,1,3H3. The van der Waals surface area contributed by atoms with Crippen molar-refractivity contribution in [3.63, 3.8) is 0 Å². The van der Waals surface area contributed by atoms with E-state index >= 15 is 0 Å². The van der Waals surface area contributed by atoms with Crippen molar-refractivity contribution in [3.05, 3.63) is 114 Å². The topological polar surface area (TPSA) is 25.5 Å². The van der Waals surface area contributed by atoms with E-state index < -0.39 is 0 Å². The second-order valence-corrected chi connectivity index (χ2v) is 9.02. The molecule has 1 heterocycles. The molecule has 1 atom stereocenters. The molecule has 0 fully saturated rings. The molecule has 1 aromatic heterocycles. The number of rotatable bonds is 3. The molecule has 5 aromatic rings. The Morgan fingerprint density at radius 2 is 1.58 bits per heavy atom. The minimum Gasteiger partial charge on any atom is -0.456 e. The molecule has 2 nitrogen and oxygen atoms in total. The molecule has 0 radical (unpaired) electrons. The molecule has 160 valence electrons. The molecule has 0 aliphatic heterocycles. The van der Waals surface area contributed by atoms with Crippen LogP contribution in [0.4, 0.5) is 0 Å². The van der Waals surface area contributed by atoms with Gasteiger partial charge in [-0.25, -0.2) is 0 Å². The molecule has 0 N–H and O–H groups in total. The SMILES string of the molecule is C=C(N=C(C)c1ccc2c(c1)oc1ccccc12)c1ccc2c(c1)C(C)Cc1ccccc1-2. The van der Waals surface area contributed by atoms with Gasteiger partial charge in [0.2, 0.25) is 0 Å². The highest BCUT2D eigenvalue weighted by atomic mass is 16.3. The molecule has 2 heteroatoms. The summed E-state index contributed by atoms with van der Waals surface area (Å²) in [5.41, 5.74) is 11.1. The zero-order valence-electron chi connectivity index (χ0n) is 18.9. The largest absolute Gasteiger partial charge is 0.456 e. The van der Waals surface area contributed by atoms with Crippen molar-refractivity contribution < 1.29 is 4.42 Å². The van der Waals surface area contributed by atoms with Crippen molar-refractivity contribution in [2.75, 3.05) is 0 Å². The molecule has 1 unspecified atom stereocenters. The van der Waals surface area contributed by atoms with Crippen molar-refractivity contribution in [1.82, 2.24) is 0 Å². The Labute approximate surface area is 193 Å². The lowest BCUT2D eigenvalue weighted by Gasteiger charge is -2.26. The fraction of sp³-hybridized carbons (Fsp3) is 0.129. The van der Waals surface area contributed by atoms with Crippen molar-refractivity contribution in [2.24, 2.45) is 4.99 Å². The number of benzene rings is 4. The summed E-state index contributed by atoms with van der Waals surface area (Å²) in [6, 6.07) is 29.8. The van der Waals surface area contributed by atoms with Crippen LogP contribution in [0, 0.1) is 0 Å². The summed E-state index contributed by atoms with van der Waals surface area (Å²) in [4.78, 5) is 4.88. The molecule has 1 aliphatic rings. The van der Waals surface area contributed by atoms with Crippen LogP contribution in [0.5, 0.6) is 0 Å². The molecule has 4 aromatic carbocycles. The predicted octanol–water partition coefficient (Wildman–Crippen LogP) is 8.39. The Balaban J connectivity index is 1.34. The van der Waals surface area contributed by atoms with E-state index in [9.17, 15) is 0 Å². The van der Waals surface area contributed by atoms with Gasteiger partial charge in [-0.15, -0.1) is 0 Å². The summed E-state index contributed by atoms with van der Waals surface area (Å²) in [5.74, 6) is 0.475. The molecule has 0 bridgehead atoms. The highest BCUT2D eigenvalue weighted by Gasteiger charge is 2.22. The lowest BCUT2D eigenvalue weighted by atomic mass is 9.79. The van der Waals surface area contributed by atoms with Crippen molar-refractivity contribution in [1.29, 1.82) is 0 Å². The number of hydrogen-bond acceptors (Lipinski definition) is 2. The predicted molar refractivity (Wildman–Crippen MR) is 139 cm³/mol. The number of hydrogen-bond donors (Lipinski definition) is 0. The van der Waals surface area contributed by atoms with Crippen LogP contribution in [0.1, 0.15) is 42.0 Å². The van der Waals surface area contributed by atoms with E-state index in [2.05, 4.69) is 80.2 Å². The van der Waals surface area contributed by atoms with Crippen molar-refractivity contribution in [3.8, 4) is 11.1 Å². The van der Waals surface area contributed by atoms with Gasteiger partial charge in [-0.05, 0) is 76.9 Å². The molecule has 1 aliphatic carbocycles. The van der Waals surface area contributed by atoms with E-state index in [-0.39, 0.29) is 0 Å². The van der Waals surface area contributed by atoms with Gasteiger partial charge in [-0.1, -0.05) is 74.2 Å². The zero-order chi connectivity index (χ0) is 22.5. The van der Waals surface area contributed by atoms with Crippen LogP contribution in [-0.4, -0.2) is 5.71 Å². The first kappa shape index (κ1) is 19.8.